The molecule has 0 aromatic carbocycles. The highest BCUT2D eigenvalue weighted by atomic mass is 16.2. The van der Waals surface area contributed by atoms with E-state index in [2.05, 4.69) is 26.7 Å². The molecule has 3 aliphatic rings. The van der Waals surface area contributed by atoms with Gasteiger partial charge >= 0.3 is 6.03 Å². The van der Waals surface area contributed by atoms with E-state index in [9.17, 15) is 9.59 Å². The van der Waals surface area contributed by atoms with E-state index in [4.69, 9.17) is 0 Å². The first-order valence-electron chi connectivity index (χ1n) is 7.93. The minimum absolute atomic E-state index is 0.118. The largest absolute Gasteiger partial charge is 0.336 e. The van der Waals surface area contributed by atoms with Gasteiger partial charge in [-0.25, -0.2) is 9.48 Å². The van der Waals surface area contributed by atoms with Crippen molar-refractivity contribution in [3.63, 3.8) is 0 Å². The number of amides is 3. The van der Waals surface area contributed by atoms with Gasteiger partial charge in [-0.3, -0.25) is 14.6 Å². The number of hydrogen-bond acceptors (Lipinski definition) is 5. The van der Waals surface area contributed by atoms with Gasteiger partial charge in [0.15, 0.2) is 0 Å². The Morgan fingerprint density at radius 2 is 2.18 bits per heavy atom. The van der Waals surface area contributed by atoms with Crippen LogP contribution in [0.25, 0.3) is 0 Å². The number of imide groups is 1. The van der Waals surface area contributed by atoms with Crippen molar-refractivity contribution < 1.29 is 9.59 Å². The zero-order chi connectivity index (χ0) is 15.1. The van der Waals surface area contributed by atoms with Gasteiger partial charge in [0, 0.05) is 38.3 Å². The van der Waals surface area contributed by atoms with Gasteiger partial charge in [-0.1, -0.05) is 5.21 Å². The molecule has 3 fully saturated rings. The maximum absolute atomic E-state index is 12.1. The van der Waals surface area contributed by atoms with Crippen molar-refractivity contribution in [1.82, 2.24) is 30.1 Å². The van der Waals surface area contributed by atoms with E-state index in [1.165, 1.54) is 17.7 Å². The number of nitrogens with zero attached hydrogens (tertiary/aromatic N) is 5. The van der Waals surface area contributed by atoms with Gasteiger partial charge in [-0.2, -0.15) is 0 Å². The number of likely N-dealkylation sites (tertiary alicyclic amines) is 1. The monoisotopic (exact) mass is 304 g/mol. The fourth-order valence-electron chi connectivity index (χ4n) is 3.19. The predicted octanol–water partition coefficient (Wildman–Crippen LogP) is -0.0459. The lowest BCUT2D eigenvalue weighted by Gasteiger charge is -2.18. The smallest absolute Gasteiger partial charge is 0.324 e. The number of carbonyl (C=O) groups excluding carboxylic acids is 2. The van der Waals surface area contributed by atoms with Gasteiger partial charge in [0.25, 0.3) is 0 Å². The van der Waals surface area contributed by atoms with Crippen LogP contribution in [0.2, 0.25) is 0 Å². The molecule has 3 heterocycles. The second-order valence-corrected chi connectivity index (χ2v) is 6.35. The number of carbonyl (C=O) groups is 2. The van der Waals surface area contributed by atoms with E-state index in [1.807, 2.05) is 4.68 Å². The lowest BCUT2D eigenvalue weighted by atomic mass is 10.2. The SMILES string of the molecule is O=C(CN1CCC(n2cc(C3CC3)nn2)C1)N1CCNC1=O. The molecule has 8 nitrogen and oxygen atoms in total. The Bertz CT molecular complexity index is 596. The number of hydrogen-bond donors (Lipinski definition) is 1. The summed E-state index contributed by atoms with van der Waals surface area (Å²) in [6, 6.07) is 0.00584. The fraction of sp³-hybridized carbons (Fsp3) is 0.714. The molecule has 1 aromatic heterocycles. The Kier molecular flexibility index (Phi) is 3.33. The molecule has 0 spiro atoms. The summed E-state index contributed by atoms with van der Waals surface area (Å²) in [5, 5.41) is 11.1. The average Bonchev–Trinajstić information content (AvgIpc) is 2.92. The number of urea groups is 1. The van der Waals surface area contributed by atoms with E-state index in [0.29, 0.717) is 25.6 Å². The molecule has 3 amide bonds. The summed E-state index contributed by atoms with van der Waals surface area (Å²) in [5.74, 6) is 0.495. The van der Waals surface area contributed by atoms with Crippen molar-refractivity contribution in [2.75, 3.05) is 32.7 Å². The first-order valence-corrected chi connectivity index (χ1v) is 7.93. The highest BCUT2D eigenvalue weighted by molar-refractivity contribution is 5.96. The molecule has 1 aliphatic carbocycles. The lowest BCUT2D eigenvalue weighted by Crippen LogP contribution is -2.41. The molecule has 118 valence electrons. The van der Waals surface area contributed by atoms with Crippen LogP contribution in [0.3, 0.4) is 0 Å². The van der Waals surface area contributed by atoms with Gasteiger partial charge < -0.3 is 5.32 Å². The molecule has 1 N–H and O–H groups in total. The van der Waals surface area contributed by atoms with Crippen molar-refractivity contribution in [2.45, 2.75) is 31.2 Å². The van der Waals surface area contributed by atoms with Crippen molar-refractivity contribution in [3.05, 3.63) is 11.9 Å². The minimum Gasteiger partial charge on any atom is -0.336 e. The molecule has 1 aromatic rings. The van der Waals surface area contributed by atoms with Gasteiger partial charge in [0.1, 0.15) is 0 Å². The Hall–Kier alpha value is -1.96. The Labute approximate surface area is 128 Å². The predicted molar refractivity (Wildman–Crippen MR) is 77.2 cm³/mol. The molecule has 0 bridgehead atoms. The number of aromatic nitrogens is 3. The maximum Gasteiger partial charge on any atom is 0.324 e. The van der Waals surface area contributed by atoms with Crippen LogP contribution >= 0.6 is 0 Å². The standard InChI is InChI=1S/C14H20N6O2/c21-13(19-6-4-15-14(19)22)9-18-5-3-11(7-18)20-8-12(16-17-20)10-1-2-10/h8,10-11H,1-7,9H2,(H,15,22). The van der Waals surface area contributed by atoms with Crippen LogP contribution in [-0.2, 0) is 4.79 Å². The number of nitrogens with one attached hydrogen (secondary N) is 1. The molecular formula is C14H20N6O2. The van der Waals surface area contributed by atoms with Crippen LogP contribution in [0.15, 0.2) is 6.20 Å². The summed E-state index contributed by atoms with van der Waals surface area (Å²) in [6.07, 6.45) is 5.47. The van der Waals surface area contributed by atoms with Crippen LogP contribution in [0.4, 0.5) is 4.79 Å². The summed E-state index contributed by atoms with van der Waals surface area (Å²) in [5.41, 5.74) is 1.10. The molecule has 8 heteroatoms. The molecule has 1 unspecified atom stereocenters. The average molecular weight is 304 g/mol. The van der Waals surface area contributed by atoms with Crippen LogP contribution in [0, 0.1) is 0 Å². The highest BCUT2D eigenvalue weighted by Gasteiger charge is 2.32. The summed E-state index contributed by atoms with van der Waals surface area (Å²) < 4.78 is 1.95. The first kappa shape index (κ1) is 13.7. The van der Waals surface area contributed by atoms with Crippen molar-refractivity contribution in [3.8, 4) is 0 Å². The van der Waals surface area contributed by atoms with Gasteiger partial charge in [0.2, 0.25) is 5.91 Å². The topological polar surface area (TPSA) is 83.4 Å². The minimum atomic E-state index is -0.272. The van der Waals surface area contributed by atoms with E-state index in [-0.39, 0.29) is 18.0 Å². The first-order chi connectivity index (χ1) is 10.7. The molecule has 0 radical (unpaired) electrons. The maximum atomic E-state index is 12.1. The second-order valence-electron chi connectivity index (χ2n) is 6.35. The van der Waals surface area contributed by atoms with Gasteiger partial charge in [-0.15, -0.1) is 5.10 Å². The normalized spacial score (nSPS) is 25.7. The van der Waals surface area contributed by atoms with Crippen LogP contribution in [-0.4, -0.2) is 69.5 Å². The Balaban J connectivity index is 1.33. The third-order valence-corrected chi connectivity index (χ3v) is 4.66. The molecular weight excluding hydrogens is 284 g/mol. The Morgan fingerprint density at radius 3 is 2.91 bits per heavy atom. The van der Waals surface area contributed by atoms with Crippen LogP contribution < -0.4 is 5.32 Å². The van der Waals surface area contributed by atoms with Crippen LogP contribution in [0.5, 0.6) is 0 Å². The molecule has 4 rings (SSSR count). The third kappa shape index (κ3) is 2.58. The zero-order valence-electron chi connectivity index (χ0n) is 12.4. The number of rotatable bonds is 4. The highest BCUT2D eigenvalue weighted by Crippen LogP contribution is 2.39. The van der Waals surface area contributed by atoms with E-state index in [1.54, 1.807) is 0 Å². The molecule has 2 aliphatic heterocycles. The summed E-state index contributed by atoms with van der Waals surface area (Å²) in [4.78, 5) is 27.0. The zero-order valence-corrected chi connectivity index (χ0v) is 12.4. The molecule has 1 atom stereocenters. The summed E-state index contributed by atoms with van der Waals surface area (Å²) in [7, 11) is 0. The van der Waals surface area contributed by atoms with Gasteiger partial charge in [0.05, 0.1) is 18.3 Å². The fourth-order valence-corrected chi connectivity index (χ4v) is 3.19. The molecule has 1 saturated carbocycles. The second kappa shape index (κ2) is 5.35. The van der Waals surface area contributed by atoms with E-state index >= 15 is 0 Å². The van der Waals surface area contributed by atoms with Gasteiger partial charge in [-0.05, 0) is 19.3 Å². The van der Waals surface area contributed by atoms with E-state index < -0.39 is 0 Å². The van der Waals surface area contributed by atoms with E-state index in [0.717, 1.165) is 25.2 Å². The van der Waals surface area contributed by atoms with Crippen molar-refractivity contribution in [2.24, 2.45) is 0 Å². The lowest BCUT2D eigenvalue weighted by molar-refractivity contribution is -0.128. The Morgan fingerprint density at radius 1 is 1.32 bits per heavy atom. The quantitative estimate of drug-likeness (QED) is 0.843. The van der Waals surface area contributed by atoms with Crippen molar-refractivity contribution >= 4 is 11.9 Å². The van der Waals surface area contributed by atoms with Crippen LogP contribution in [0.1, 0.15) is 36.9 Å². The van der Waals surface area contributed by atoms with Crippen molar-refractivity contribution in [1.29, 1.82) is 0 Å². The molecule has 2 saturated heterocycles. The summed E-state index contributed by atoms with van der Waals surface area (Å²) in [6.45, 7) is 2.96. The molecule has 22 heavy (non-hydrogen) atoms. The third-order valence-electron chi connectivity index (χ3n) is 4.66. The summed E-state index contributed by atoms with van der Waals surface area (Å²) >= 11 is 0.